The van der Waals surface area contributed by atoms with Crippen LogP contribution in [0.2, 0.25) is 5.02 Å². The van der Waals surface area contributed by atoms with Crippen LogP contribution in [0.1, 0.15) is 48.0 Å². The Morgan fingerprint density at radius 1 is 1.08 bits per heavy atom. The molecule has 0 saturated carbocycles. The summed E-state index contributed by atoms with van der Waals surface area (Å²) in [7, 11) is 0. The van der Waals surface area contributed by atoms with Gasteiger partial charge in [0.1, 0.15) is 18.2 Å². The molecule has 1 unspecified atom stereocenters. The van der Waals surface area contributed by atoms with E-state index < -0.39 is 72.0 Å². The Kier molecular flexibility index (Phi) is 11.9. The van der Waals surface area contributed by atoms with Gasteiger partial charge in [0.2, 0.25) is 11.8 Å². The topological polar surface area (TPSA) is 125 Å². The van der Waals surface area contributed by atoms with Crippen LogP contribution in [-0.2, 0) is 28.7 Å². The molecule has 2 N–H and O–H groups in total. The summed E-state index contributed by atoms with van der Waals surface area (Å²) >= 11 is 10.5. The molecule has 10 nitrogen and oxygen atoms in total. The predicted molar refractivity (Wildman–Crippen MR) is 205 cm³/mol. The first kappa shape index (κ1) is 38.4. The van der Waals surface area contributed by atoms with E-state index in [-0.39, 0.29) is 30.8 Å². The van der Waals surface area contributed by atoms with Crippen molar-refractivity contribution in [3.63, 3.8) is 0 Å². The zero-order valence-corrected chi connectivity index (χ0v) is 31.7. The molecule has 0 radical (unpaired) electrons. The van der Waals surface area contributed by atoms with E-state index in [9.17, 15) is 14.7 Å². The number of benzene rings is 3. The molecule has 12 heteroatoms. The van der Waals surface area contributed by atoms with Crippen LogP contribution in [0.15, 0.2) is 104 Å². The number of aliphatic hydroxyl groups is 1. The third-order valence-corrected chi connectivity index (χ3v) is 11.6. The second-order valence-corrected chi connectivity index (χ2v) is 15.2. The van der Waals surface area contributed by atoms with Gasteiger partial charge in [0.15, 0.2) is 0 Å². The number of hydrogen-bond acceptors (Lipinski definition) is 7. The number of ether oxygens (including phenoxy) is 2. The quantitative estimate of drug-likeness (QED) is 0.110. The van der Waals surface area contributed by atoms with E-state index in [1.165, 1.54) is 9.80 Å². The van der Waals surface area contributed by atoms with Crippen molar-refractivity contribution in [1.82, 2.24) is 10.2 Å². The SMILES string of the molecule is C=CCCC(=O)OC[C@@H](NC(=O)[C@H]1[C@@H]2O[C@@]3(CC2Br)[C@@H]1C(=O)N([C@H](CO)c1ccccc1)[C@@H]3C(=O)N(CC=C)c1c(C)cccc1Cl)c1ccccc1. The molecular weight excluding hydrogens is 762 g/mol. The van der Waals surface area contributed by atoms with E-state index in [1.807, 2.05) is 49.4 Å². The number of allylic oxidation sites excluding steroid dienone is 1. The number of fused-ring (bicyclic) bond motifs is 1. The number of amides is 3. The summed E-state index contributed by atoms with van der Waals surface area (Å²) in [6.07, 6.45) is 3.32. The van der Waals surface area contributed by atoms with Crippen LogP contribution in [0.3, 0.4) is 0 Å². The third kappa shape index (κ3) is 7.19. The highest BCUT2D eigenvalue weighted by atomic mass is 79.9. The average molecular weight is 805 g/mol. The van der Waals surface area contributed by atoms with Crippen molar-refractivity contribution in [2.75, 3.05) is 24.7 Å². The zero-order chi connectivity index (χ0) is 37.9. The number of para-hydroxylation sites is 1. The first-order valence-electron chi connectivity index (χ1n) is 17.7. The van der Waals surface area contributed by atoms with Crippen LogP contribution in [-0.4, -0.2) is 76.0 Å². The van der Waals surface area contributed by atoms with Crippen LogP contribution in [0.4, 0.5) is 5.69 Å². The van der Waals surface area contributed by atoms with Gasteiger partial charge in [-0.15, -0.1) is 13.2 Å². The minimum Gasteiger partial charge on any atom is -0.463 e. The molecule has 53 heavy (non-hydrogen) atoms. The molecule has 3 aliphatic rings. The van der Waals surface area contributed by atoms with Gasteiger partial charge in [-0.3, -0.25) is 19.2 Å². The molecule has 3 aromatic carbocycles. The van der Waals surface area contributed by atoms with Gasteiger partial charge >= 0.3 is 5.97 Å². The van der Waals surface area contributed by atoms with Crippen molar-refractivity contribution in [2.24, 2.45) is 11.8 Å². The maximum atomic E-state index is 15.2. The number of halogens is 2. The highest BCUT2D eigenvalue weighted by molar-refractivity contribution is 9.09. The summed E-state index contributed by atoms with van der Waals surface area (Å²) in [4.78, 5) is 59.9. The summed E-state index contributed by atoms with van der Waals surface area (Å²) in [5.41, 5.74) is 1.10. The van der Waals surface area contributed by atoms with Gasteiger partial charge in [-0.2, -0.15) is 0 Å². The molecule has 3 saturated heterocycles. The molecule has 3 amide bonds. The monoisotopic (exact) mass is 803 g/mol. The highest BCUT2D eigenvalue weighted by Crippen LogP contribution is 2.61. The van der Waals surface area contributed by atoms with Crippen LogP contribution in [0, 0.1) is 18.8 Å². The first-order valence-corrected chi connectivity index (χ1v) is 19.0. The number of nitrogens with zero attached hydrogens (tertiary/aromatic N) is 2. The lowest BCUT2D eigenvalue weighted by molar-refractivity contribution is -0.146. The second-order valence-electron chi connectivity index (χ2n) is 13.6. The number of nitrogens with one attached hydrogen (secondary N) is 1. The van der Waals surface area contributed by atoms with Gasteiger partial charge < -0.3 is 29.7 Å². The number of aryl methyl sites for hydroxylation is 1. The predicted octanol–water partition coefficient (Wildman–Crippen LogP) is 6.02. The Balaban J connectivity index is 1.42. The van der Waals surface area contributed by atoms with Crippen molar-refractivity contribution in [2.45, 2.75) is 60.8 Å². The fourth-order valence-corrected chi connectivity index (χ4v) is 9.45. The van der Waals surface area contributed by atoms with Crippen molar-refractivity contribution in [1.29, 1.82) is 0 Å². The summed E-state index contributed by atoms with van der Waals surface area (Å²) in [6, 6.07) is 20.6. The number of anilines is 1. The van der Waals surface area contributed by atoms with Gasteiger partial charge in [-0.25, -0.2) is 0 Å². The van der Waals surface area contributed by atoms with E-state index in [0.29, 0.717) is 28.3 Å². The van der Waals surface area contributed by atoms with Crippen LogP contribution >= 0.6 is 27.5 Å². The van der Waals surface area contributed by atoms with E-state index >= 15 is 9.59 Å². The maximum absolute atomic E-state index is 15.2. The van der Waals surface area contributed by atoms with Gasteiger partial charge in [0.05, 0.1) is 47.3 Å². The highest BCUT2D eigenvalue weighted by Gasteiger charge is 2.77. The summed E-state index contributed by atoms with van der Waals surface area (Å²) in [5, 5.41) is 14.3. The minimum atomic E-state index is -1.44. The molecule has 8 atom stereocenters. The Bertz CT molecular complexity index is 1840. The summed E-state index contributed by atoms with van der Waals surface area (Å²) < 4.78 is 12.4. The molecule has 3 aromatic rings. The largest absolute Gasteiger partial charge is 0.463 e. The molecular formula is C41H43BrClN3O7. The van der Waals surface area contributed by atoms with Crippen molar-refractivity contribution < 1.29 is 33.8 Å². The normalized spacial score (nSPS) is 25.3. The summed E-state index contributed by atoms with van der Waals surface area (Å²) in [6.45, 7) is 8.85. The van der Waals surface area contributed by atoms with Crippen LogP contribution in [0.5, 0.6) is 0 Å². The number of rotatable bonds is 15. The fraction of sp³-hybridized carbons (Fsp3) is 0.366. The van der Waals surface area contributed by atoms with Crippen molar-refractivity contribution >= 4 is 56.9 Å². The Morgan fingerprint density at radius 3 is 2.38 bits per heavy atom. The van der Waals surface area contributed by atoms with E-state index in [0.717, 1.165) is 5.56 Å². The fourth-order valence-electron chi connectivity index (χ4n) is 8.19. The molecule has 1 spiro atoms. The van der Waals surface area contributed by atoms with E-state index in [1.54, 1.807) is 48.6 Å². The molecule has 3 aliphatic heterocycles. The second kappa shape index (κ2) is 16.4. The molecule has 0 aliphatic carbocycles. The van der Waals surface area contributed by atoms with Crippen LogP contribution < -0.4 is 10.2 Å². The third-order valence-electron chi connectivity index (χ3n) is 10.5. The van der Waals surface area contributed by atoms with Crippen LogP contribution in [0.25, 0.3) is 0 Å². The van der Waals surface area contributed by atoms with E-state index in [4.69, 9.17) is 21.1 Å². The maximum Gasteiger partial charge on any atom is 0.306 e. The number of esters is 1. The molecule has 6 rings (SSSR count). The molecule has 278 valence electrons. The zero-order valence-electron chi connectivity index (χ0n) is 29.4. The van der Waals surface area contributed by atoms with Crippen molar-refractivity contribution in [3.8, 4) is 0 Å². The summed E-state index contributed by atoms with van der Waals surface area (Å²) in [5.74, 6) is -3.95. The Labute approximate surface area is 322 Å². The standard InChI is InChI=1S/C41H43BrClN3O7/c1-4-6-20-32(48)52-24-30(26-15-9-7-10-16-26)44-38(49)33-34-39(50)46(31(23-47)27-17-11-8-12-18-27)37(41(34)22-28(42)36(33)53-41)40(51)45(21-5-2)35-25(3)14-13-19-29(35)43/h4-5,7-19,28,30-31,33-34,36-37,47H,1-2,6,20-24H2,3H3,(H,44,49)/t28?,30-,31-,33-,34+,36-,37-,41+/m1/s1. The molecule has 0 aromatic heterocycles. The number of carbonyl (C=O) groups excluding carboxylic acids is 4. The number of alkyl halides is 1. The molecule has 3 fully saturated rings. The molecule has 3 heterocycles. The van der Waals surface area contributed by atoms with Crippen molar-refractivity contribution in [3.05, 3.63) is 126 Å². The molecule has 2 bridgehead atoms. The lowest BCUT2D eigenvalue weighted by Gasteiger charge is -2.40. The lowest BCUT2D eigenvalue weighted by Crippen LogP contribution is -2.58. The number of likely N-dealkylation sites (tertiary alicyclic amines) is 1. The minimum absolute atomic E-state index is 0.0766. The Hall–Kier alpha value is -4.29. The number of aliphatic hydroxyl groups excluding tert-OH is 1. The number of carbonyl (C=O) groups is 4. The lowest BCUT2D eigenvalue weighted by atomic mass is 9.70. The first-order chi connectivity index (χ1) is 25.6. The number of hydrogen-bond donors (Lipinski definition) is 2. The smallest absolute Gasteiger partial charge is 0.306 e. The average Bonchev–Trinajstić information content (AvgIpc) is 3.76. The van der Waals surface area contributed by atoms with Gasteiger partial charge in [-0.1, -0.05) is 112 Å². The Morgan fingerprint density at radius 2 is 1.75 bits per heavy atom. The van der Waals surface area contributed by atoms with E-state index in [2.05, 4.69) is 34.4 Å². The van der Waals surface area contributed by atoms with Gasteiger partial charge in [0.25, 0.3) is 5.91 Å². The van der Waals surface area contributed by atoms with Gasteiger partial charge in [-0.05, 0) is 42.5 Å². The van der Waals surface area contributed by atoms with Gasteiger partial charge in [0, 0.05) is 17.8 Å².